The molecule has 1 aliphatic heterocycles. The lowest BCUT2D eigenvalue weighted by molar-refractivity contribution is -0.141. The van der Waals surface area contributed by atoms with Crippen LogP contribution >= 0.6 is 0 Å². The Kier molecular flexibility index (Phi) is 5.67. The molecule has 1 saturated heterocycles. The van der Waals surface area contributed by atoms with Gasteiger partial charge < -0.3 is 19.2 Å². The quantitative estimate of drug-likeness (QED) is 0.637. The number of pyridine rings is 1. The minimum absolute atomic E-state index is 0.115. The maximum Gasteiger partial charge on any atom is 0.197 e. The second-order valence-electron chi connectivity index (χ2n) is 7.40. The summed E-state index contributed by atoms with van der Waals surface area (Å²) in [7, 11) is -1.33. The molecule has 1 N–H and O–H groups in total. The second kappa shape index (κ2) is 8.22. The number of ether oxygens (including phenoxy) is 3. The van der Waals surface area contributed by atoms with E-state index >= 15 is 0 Å². The molecule has 1 aliphatic rings. The summed E-state index contributed by atoms with van der Waals surface area (Å²) < 4.78 is 30.3. The second-order valence-corrected chi connectivity index (χ2v) is 8.76. The molecular weight excluding hydrogens is 390 g/mol. The van der Waals surface area contributed by atoms with Gasteiger partial charge in [-0.2, -0.15) is 0 Å². The molecule has 0 bridgehead atoms. The molecule has 0 radical (unpaired) electrons. The van der Waals surface area contributed by atoms with Crippen LogP contribution in [-0.4, -0.2) is 44.3 Å². The number of hydrogen-bond donors (Lipinski definition) is 1. The van der Waals surface area contributed by atoms with Crippen molar-refractivity contribution in [1.82, 2.24) is 15.0 Å². The average Bonchev–Trinajstić information content (AvgIpc) is 3.29. The Bertz CT molecular complexity index is 1000. The summed E-state index contributed by atoms with van der Waals surface area (Å²) in [5.74, 6) is 0.442. The van der Waals surface area contributed by atoms with E-state index in [0.29, 0.717) is 18.4 Å². The lowest BCUT2D eigenvalue weighted by Gasteiger charge is -2.18. The zero-order valence-electron chi connectivity index (χ0n) is 16.8. The summed E-state index contributed by atoms with van der Waals surface area (Å²) >= 11 is 0. The summed E-state index contributed by atoms with van der Waals surface area (Å²) in [4.78, 5) is 12.0. The SMILES string of the molecule is CCc1c(OCC2COC(C)(C)O2)ccnc1CS(=O)c1nc2ccccc2[nH]1. The summed E-state index contributed by atoms with van der Waals surface area (Å²) in [5.41, 5.74) is 3.39. The third-order valence-corrected chi connectivity index (χ3v) is 5.96. The number of H-pyrrole nitrogens is 1. The van der Waals surface area contributed by atoms with Gasteiger partial charge >= 0.3 is 0 Å². The molecule has 7 nitrogen and oxygen atoms in total. The monoisotopic (exact) mass is 415 g/mol. The number of fused-ring (bicyclic) bond motifs is 1. The highest BCUT2D eigenvalue weighted by molar-refractivity contribution is 7.84. The summed E-state index contributed by atoms with van der Waals surface area (Å²) in [6.45, 7) is 6.72. The largest absolute Gasteiger partial charge is 0.490 e. The predicted octanol–water partition coefficient (Wildman–Crippen LogP) is 3.36. The van der Waals surface area contributed by atoms with Crippen molar-refractivity contribution in [2.24, 2.45) is 0 Å². The topological polar surface area (TPSA) is 86.3 Å². The van der Waals surface area contributed by atoms with E-state index in [4.69, 9.17) is 14.2 Å². The number of imidazole rings is 1. The van der Waals surface area contributed by atoms with Crippen molar-refractivity contribution in [2.45, 2.75) is 50.0 Å². The van der Waals surface area contributed by atoms with Crippen LogP contribution in [0.1, 0.15) is 32.0 Å². The van der Waals surface area contributed by atoms with E-state index in [1.807, 2.05) is 51.1 Å². The molecule has 4 rings (SSSR count). The van der Waals surface area contributed by atoms with Gasteiger partial charge in [0.15, 0.2) is 10.9 Å². The first-order valence-corrected chi connectivity index (χ1v) is 11.0. The highest BCUT2D eigenvalue weighted by Crippen LogP contribution is 2.26. The molecule has 8 heteroatoms. The number of nitrogens with one attached hydrogen (secondary N) is 1. The highest BCUT2D eigenvalue weighted by Gasteiger charge is 2.33. The van der Waals surface area contributed by atoms with E-state index in [1.165, 1.54) is 0 Å². The molecule has 2 unspecified atom stereocenters. The predicted molar refractivity (Wildman–Crippen MR) is 110 cm³/mol. The number of hydrogen-bond acceptors (Lipinski definition) is 6. The van der Waals surface area contributed by atoms with Gasteiger partial charge in [-0.3, -0.25) is 9.19 Å². The Labute approximate surface area is 172 Å². The standard InChI is InChI=1S/C21H25N3O4S/c1-4-15-18(13-29(25)20-23-16-7-5-6-8-17(16)24-20)22-10-9-19(15)26-11-14-12-27-21(2,3)28-14/h5-10,14H,4,11-13H2,1-3H3,(H,23,24). The normalized spacial score (nSPS) is 19.5. The summed E-state index contributed by atoms with van der Waals surface area (Å²) in [6, 6.07) is 9.49. The van der Waals surface area contributed by atoms with Crippen LogP contribution in [0.4, 0.5) is 0 Å². The molecule has 29 heavy (non-hydrogen) atoms. The molecule has 0 spiro atoms. The highest BCUT2D eigenvalue weighted by atomic mass is 32.2. The molecule has 154 valence electrons. The van der Waals surface area contributed by atoms with E-state index < -0.39 is 16.6 Å². The third kappa shape index (κ3) is 4.49. The first-order valence-electron chi connectivity index (χ1n) is 9.69. The van der Waals surface area contributed by atoms with E-state index in [1.54, 1.807) is 6.20 Å². The van der Waals surface area contributed by atoms with Gasteiger partial charge in [0.05, 0.1) is 39.9 Å². The first-order chi connectivity index (χ1) is 13.9. The molecule has 2 atom stereocenters. The number of benzene rings is 1. The minimum atomic E-state index is -1.33. The molecule has 3 heterocycles. The van der Waals surface area contributed by atoms with Crippen molar-refractivity contribution in [3.8, 4) is 5.75 Å². The zero-order valence-corrected chi connectivity index (χ0v) is 17.6. The van der Waals surface area contributed by atoms with Gasteiger partial charge in [0.25, 0.3) is 0 Å². The molecule has 1 fully saturated rings. The fourth-order valence-electron chi connectivity index (χ4n) is 3.41. The molecule has 1 aromatic carbocycles. The van der Waals surface area contributed by atoms with E-state index in [0.717, 1.165) is 34.5 Å². The van der Waals surface area contributed by atoms with Crippen molar-refractivity contribution in [3.63, 3.8) is 0 Å². The fourth-order valence-corrected chi connectivity index (χ4v) is 4.47. The molecule has 3 aromatic rings. The lowest BCUT2D eigenvalue weighted by Crippen LogP contribution is -2.25. The van der Waals surface area contributed by atoms with Gasteiger partial charge in [-0.1, -0.05) is 19.1 Å². The Morgan fingerprint density at radius 2 is 2.14 bits per heavy atom. The third-order valence-electron chi connectivity index (χ3n) is 4.80. The molecule has 0 saturated carbocycles. The number of para-hydroxylation sites is 2. The van der Waals surface area contributed by atoms with E-state index in [9.17, 15) is 4.21 Å². The van der Waals surface area contributed by atoms with Gasteiger partial charge in [0, 0.05) is 11.8 Å². The zero-order chi connectivity index (χ0) is 20.4. The van der Waals surface area contributed by atoms with Crippen LogP contribution in [-0.2, 0) is 32.4 Å². The first kappa shape index (κ1) is 20.0. The van der Waals surface area contributed by atoms with Crippen LogP contribution < -0.4 is 4.74 Å². The fraction of sp³-hybridized carbons (Fsp3) is 0.429. The molecule has 0 aliphatic carbocycles. The van der Waals surface area contributed by atoms with Crippen molar-refractivity contribution in [2.75, 3.05) is 13.2 Å². The van der Waals surface area contributed by atoms with Crippen LogP contribution in [0.3, 0.4) is 0 Å². The van der Waals surface area contributed by atoms with Crippen molar-refractivity contribution < 1.29 is 18.4 Å². The number of nitrogens with zero attached hydrogens (tertiary/aromatic N) is 2. The van der Waals surface area contributed by atoms with Gasteiger partial charge in [-0.05, 0) is 38.5 Å². The van der Waals surface area contributed by atoms with Crippen molar-refractivity contribution >= 4 is 21.8 Å². The van der Waals surface area contributed by atoms with Gasteiger partial charge in [-0.15, -0.1) is 0 Å². The smallest absolute Gasteiger partial charge is 0.197 e. The number of aromatic amines is 1. The van der Waals surface area contributed by atoms with Crippen LogP contribution in [0.5, 0.6) is 5.75 Å². The van der Waals surface area contributed by atoms with Crippen LogP contribution in [0.25, 0.3) is 11.0 Å². The van der Waals surface area contributed by atoms with Gasteiger partial charge in [0.1, 0.15) is 18.5 Å². The molecule has 0 amide bonds. The minimum Gasteiger partial charge on any atom is -0.490 e. The maximum atomic E-state index is 12.9. The summed E-state index contributed by atoms with van der Waals surface area (Å²) in [5, 5.41) is 0.458. The summed E-state index contributed by atoms with van der Waals surface area (Å²) in [6.07, 6.45) is 2.30. The average molecular weight is 416 g/mol. The Morgan fingerprint density at radius 1 is 1.31 bits per heavy atom. The van der Waals surface area contributed by atoms with Crippen LogP contribution in [0.2, 0.25) is 0 Å². The maximum absolute atomic E-state index is 12.9. The Balaban J connectivity index is 1.48. The van der Waals surface area contributed by atoms with Gasteiger partial charge in [0.2, 0.25) is 0 Å². The number of rotatable bonds is 7. The van der Waals surface area contributed by atoms with E-state index in [-0.39, 0.29) is 11.9 Å². The van der Waals surface area contributed by atoms with Crippen LogP contribution in [0.15, 0.2) is 41.7 Å². The van der Waals surface area contributed by atoms with Crippen molar-refractivity contribution in [3.05, 3.63) is 47.8 Å². The van der Waals surface area contributed by atoms with Crippen LogP contribution in [0, 0.1) is 0 Å². The van der Waals surface area contributed by atoms with Gasteiger partial charge in [-0.25, -0.2) is 4.98 Å². The lowest BCUT2D eigenvalue weighted by atomic mass is 10.1. The Morgan fingerprint density at radius 3 is 2.86 bits per heavy atom. The van der Waals surface area contributed by atoms with Crippen molar-refractivity contribution in [1.29, 1.82) is 0 Å². The molecular formula is C21H25N3O4S. The Hall–Kier alpha value is -2.29. The van der Waals surface area contributed by atoms with E-state index in [2.05, 4.69) is 15.0 Å². The molecule has 2 aromatic heterocycles. The number of aromatic nitrogens is 3.